The van der Waals surface area contributed by atoms with Gasteiger partial charge in [0, 0.05) is 11.4 Å². The van der Waals surface area contributed by atoms with Crippen LogP contribution in [-0.4, -0.2) is 18.7 Å². The second-order valence-corrected chi connectivity index (χ2v) is 5.99. The molecule has 1 aromatic heterocycles. The van der Waals surface area contributed by atoms with Gasteiger partial charge >= 0.3 is 6.18 Å². The van der Waals surface area contributed by atoms with Gasteiger partial charge in [0.1, 0.15) is 6.61 Å². The summed E-state index contributed by atoms with van der Waals surface area (Å²) in [6, 6.07) is 10.7. The molecule has 2 rings (SSSR count). The van der Waals surface area contributed by atoms with Crippen LogP contribution < -0.4 is 5.32 Å². The number of nitrogens with one attached hydrogen (secondary N) is 1. The molecule has 0 unspecified atom stereocenters. The van der Waals surface area contributed by atoms with E-state index in [1.807, 2.05) is 17.5 Å². The van der Waals surface area contributed by atoms with Crippen LogP contribution in [0.15, 0.2) is 41.8 Å². The van der Waals surface area contributed by atoms with Crippen molar-refractivity contribution in [2.24, 2.45) is 0 Å². The van der Waals surface area contributed by atoms with E-state index in [9.17, 15) is 18.0 Å². The summed E-state index contributed by atoms with van der Waals surface area (Å²) in [6.07, 6.45) is -3.96. The Morgan fingerprint density at radius 3 is 2.43 bits per heavy atom. The summed E-state index contributed by atoms with van der Waals surface area (Å²) in [4.78, 5) is 12.8. The minimum atomic E-state index is -4.31. The Morgan fingerprint density at radius 1 is 1.13 bits per heavy atom. The Kier molecular flexibility index (Phi) is 6.18. The fourth-order valence-electron chi connectivity index (χ4n) is 1.87. The summed E-state index contributed by atoms with van der Waals surface area (Å²) in [7, 11) is 0. The van der Waals surface area contributed by atoms with Crippen molar-refractivity contribution in [2.75, 3.05) is 6.61 Å². The lowest BCUT2D eigenvalue weighted by Crippen LogP contribution is -2.24. The van der Waals surface area contributed by atoms with E-state index >= 15 is 0 Å². The highest BCUT2D eigenvalue weighted by Gasteiger charge is 2.27. The van der Waals surface area contributed by atoms with Crippen molar-refractivity contribution in [3.63, 3.8) is 0 Å². The van der Waals surface area contributed by atoms with Crippen molar-refractivity contribution in [2.45, 2.75) is 25.7 Å². The highest BCUT2D eigenvalue weighted by Crippen LogP contribution is 2.16. The molecule has 1 heterocycles. The van der Waals surface area contributed by atoms with Crippen LogP contribution in [0.2, 0.25) is 0 Å². The molecule has 0 aliphatic rings. The van der Waals surface area contributed by atoms with Gasteiger partial charge in [-0.05, 0) is 22.6 Å². The van der Waals surface area contributed by atoms with Crippen LogP contribution >= 0.6 is 11.3 Å². The number of carbonyl (C=O) groups is 1. The molecular formula is C16H16F3NO2S. The van der Waals surface area contributed by atoms with E-state index in [1.54, 1.807) is 24.3 Å². The van der Waals surface area contributed by atoms with Gasteiger partial charge in [-0.3, -0.25) is 4.79 Å². The first-order valence-electron chi connectivity index (χ1n) is 6.94. The van der Waals surface area contributed by atoms with Crippen LogP contribution in [0.1, 0.15) is 16.0 Å². The molecule has 1 N–H and O–H groups in total. The lowest BCUT2D eigenvalue weighted by molar-refractivity contribution is -0.176. The molecule has 0 atom stereocenters. The SMILES string of the molecule is O=C(Cc1cccs1)NCc1ccc(COCC(F)(F)F)cc1. The number of carbonyl (C=O) groups excluding carboxylic acids is 1. The van der Waals surface area contributed by atoms with E-state index in [0.29, 0.717) is 18.5 Å². The van der Waals surface area contributed by atoms with Gasteiger partial charge in [0.2, 0.25) is 5.91 Å². The second kappa shape index (κ2) is 8.12. The van der Waals surface area contributed by atoms with Crippen molar-refractivity contribution >= 4 is 17.2 Å². The minimum Gasteiger partial charge on any atom is -0.367 e. The summed E-state index contributed by atoms with van der Waals surface area (Å²) in [5, 5.41) is 4.73. The maximum Gasteiger partial charge on any atom is 0.411 e. The lowest BCUT2D eigenvalue weighted by Gasteiger charge is -2.08. The Balaban J connectivity index is 1.73. The summed E-state index contributed by atoms with van der Waals surface area (Å²) < 4.78 is 40.5. The highest BCUT2D eigenvalue weighted by atomic mass is 32.1. The molecule has 0 aliphatic heterocycles. The molecule has 124 valence electrons. The lowest BCUT2D eigenvalue weighted by atomic mass is 10.1. The number of benzene rings is 1. The van der Waals surface area contributed by atoms with Gasteiger partial charge < -0.3 is 10.1 Å². The van der Waals surface area contributed by atoms with E-state index < -0.39 is 12.8 Å². The monoisotopic (exact) mass is 343 g/mol. The predicted molar refractivity (Wildman–Crippen MR) is 82.0 cm³/mol. The average Bonchev–Trinajstić information content (AvgIpc) is 2.98. The molecule has 0 spiro atoms. The number of hydrogen-bond acceptors (Lipinski definition) is 3. The molecule has 0 saturated carbocycles. The van der Waals surface area contributed by atoms with Crippen LogP contribution in [0.4, 0.5) is 13.2 Å². The third kappa shape index (κ3) is 6.83. The smallest absolute Gasteiger partial charge is 0.367 e. The molecule has 23 heavy (non-hydrogen) atoms. The van der Waals surface area contributed by atoms with Crippen LogP contribution in [0.3, 0.4) is 0 Å². The number of halogens is 3. The molecule has 1 amide bonds. The Labute approximate surface area is 136 Å². The van der Waals surface area contributed by atoms with Gasteiger partial charge in [0.05, 0.1) is 13.0 Å². The van der Waals surface area contributed by atoms with Crippen molar-refractivity contribution in [3.05, 3.63) is 57.8 Å². The fraction of sp³-hybridized carbons (Fsp3) is 0.312. The van der Waals surface area contributed by atoms with E-state index in [2.05, 4.69) is 10.1 Å². The Bertz CT molecular complexity index is 609. The van der Waals surface area contributed by atoms with Gasteiger partial charge in [0.15, 0.2) is 0 Å². The van der Waals surface area contributed by atoms with Gasteiger partial charge in [-0.25, -0.2) is 0 Å². The molecule has 2 aromatic rings. The fourth-order valence-corrected chi connectivity index (χ4v) is 2.58. The molecule has 0 saturated heterocycles. The van der Waals surface area contributed by atoms with Gasteiger partial charge in [-0.2, -0.15) is 13.2 Å². The molecule has 0 aliphatic carbocycles. The van der Waals surface area contributed by atoms with E-state index in [-0.39, 0.29) is 12.5 Å². The quantitative estimate of drug-likeness (QED) is 0.833. The first-order chi connectivity index (χ1) is 10.9. The number of amides is 1. The zero-order valence-corrected chi connectivity index (χ0v) is 13.0. The zero-order chi connectivity index (χ0) is 16.7. The van der Waals surface area contributed by atoms with Gasteiger partial charge in [-0.1, -0.05) is 30.3 Å². The van der Waals surface area contributed by atoms with Crippen molar-refractivity contribution in [1.29, 1.82) is 0 Å². The average molecular weight is 343 g/mol. The molecular weight excluding hydrogens is 327 g/mol. The third-order valence-corrected chi connectivity index (χ3v) is 3.84. The molecule has 0 bridgehead atoms. The third-order valence-electron chi connectivity index (χ3n) is 2.96. The molecule has 7 heteroatoms. The first kappa shape index (κ1) is 17.5. The number of thiophene rings is 1. The summed E-state index contributed by atoms with van der Waals surface area (Å²) in [5.41, 5.74) is 1.53. The number of hydrogen-bond donors (Lipinski definition) is 1. The number of ether oxygens (including phenoxy) is 1. The Morgan fingerprint density at radius 2 is 1.83 bits per heavy atom. The standard InChI is InChI=1S/C16H16F3NO2S/c17-16(18,19)11-22-10-13-5-3-12(4-6-13)9-20-15(21)8-14-2-1-7-23-14/h1-7H,8-11H2,(H,20,21). The zero-order valence-electron chi connectivity index (χ0n) is 12.2. The Hall–Kier alpha value is -1.86. The molecule has 3 nitrogen and oxygen atoms in total. The topological polar surface area (TPSA) is 38.3 Å². The first-order valence-corrected chi connectivity index (χ1v) is 7.82. The minimum absolute atomic E-state index is 0.0648. The largest absolute Gasteiger partial charge is 0.411 e. The maximum absolute atomic E-state index is 12.0. The van der Waals surface area contributed by atoms with Crippen molar-refractivity contribution in [1.82, 2.24) is 5.32 Å². The number of alkyl halides is 3. The molecule has 1 aromatic carbocycles. The second-order valence-electron chi connectivity index (χ2n) is 4.96. The summed E-state index contributed by atoms with van der Waals surface area (Å²) >= 11 is 1.53. The highest BCUT2D eigenvalue weighted by molar-refractivity contribution is 7.10. The van der Waals surface area contributed by atoms with Gasteiger partial charge in [0.25, 0.3) is 0 Å². The predicted octanol–water partition coefficient (Wildman–Crippen LogP) is 3.69. The van der Waals surface area contributed by atoms with Crippen molar-refractivity contribution in [3.8, 4) is 0 Å². The van der Waals surface area contributed by atoms with Crippen LogP contribution in [0.5, 0.6) is 0 Å². The van der Waals surface area contributed by atoms with Crippen LogP contribution in [0, 0.1) is 0 Å². The van der Waals surface area contributed by atoms with Crippen LogP contribution in [-0.2, 0) is 29.1 Å². The number of rotatable bonds is 7. The van der Waals surface area contributed by atoms with E-state index in [4.69, 9.17) is 0 Å². The van der Waals surface area contributed by atoms with Gasteiger partial charge in [-0.15, -0.1) is 11.3 Å². The van der Waals surface area contributed by atoms with Crippen LogP contribution in [0.25, 0.3) is 0 Å². The van der Waals surface area contributed by atoms with E-state index in [1.165, 1.54) is 11.3 Å². The van der Waals surface area contributed by atoms with E-state index in [0.717, 1.165) is 10.4 Å². The summed E-state index contributed by atoms with van der Waals surface area (Å²) in [5.74, 6) is -0.0648. The normalized spacial score (nSPS) is 11.4. The molecule has 0 radical (unpaired) electrons. The van der Waals surface area contributed by atoms with Crippen molar-refractivity contribution < 1.29 is 22.7 Å². The molecule has 0 fully saturated rings. The summed E-state index contributed by atoms with van der Waals surface area (Å²) in [6.45, 7) is -0.966. The maximum atomic E-state index is 12.0.